The highest BCUT2D eigenvalue weighted by atomic mass is 28.2. The van der Waals surface area contributed by atoms with Crippen LogP contribution in [-0.2, 0) is 20.3 Å². The van der Waals surface area contributed by atoms with E-state index < -0.39 is 0 Å². The van der Waals surface area contributed by atoms with Gasteiger partial charge in [-0.2, -0.15) is 0 Å². The number of hydrogen-bond acceptors (Lipinski definition) is 3. The van der Waals surface area contributed by atoms with Crippen molar-refractivity contribution in [2.45, 2.75) is 25.2 Å². The Labute approximate surface area is 118 Å². The zero-order valence-electron chi connectivity index (χ0n) is 11.7. The zero-order valence-corrected chi connectivity index (χ0v) is 12.7. The number of ether oxygens (including phenoxy) is 2. The van der Waals surface area contributed by atoms with E-state index >= 15 is 0 Å². The van der Waals surface area contributed by atoms with Gasteiger partial charge in [0, 0.05) is 20.8 Å². The Bertz CT molecular complexity index is 364. The molecule has 0 aliphatic carbocycles. The van der Waals surface area contributed by atoms with E-state index in [0.717, 1.165) is 25.5 Å². The van der Waals surface area contributed by atoms with Crippen molar-refractivity contribution >= 4 is 15.8 Å². The normalized spacial score (nSPS) is 10.9. The lowest BCUT2D eigenvalue weighted by molar-refractivity contribution is -0.103. The first-order valence-corrected chi connectivity index (χ1v) is 7.54. The molecule has 3 nitrogen and oxygen atoms in total. The summed E-state index contributed by atoms with van der Waals surface area (Å²) < 4.78 is 15.9. The van der Waals surface area contributed by atoms with E-state index in [9.17, 15) is 0 Å². The minimum Gasteiger partial charge on any atom is -0.417 e. The van der Waals surface area contributed by atoms with Crippen LogP contribution in [0.3, 0.4) is 0 Å². The molecule has 0 saturated heterocycles. The van der Waals surface area contributed by atoms with Gasteiger partial charge >= 0.3 is 0 Å². The molecule has 19 heavy (non-hydrogen) atoms. The summed E-state index contributed by atoms with van der Waals surface area (Å²) in [5.74, 6) is 0. The molecule has 104 valence electrons. The van der Waals surface area contributed by atoms with Gasteiger partial charge in [0.1, 0.15) is 0 Å². The topological polar surface area (TPSA) is 27.7 Å². The second-order valence-corrected chi connectivity index (χ2v) is 5.16. The molecule has 0 aliphatic rings. The number of rotatable bonds is 10. The Balaban J connectivity index is 2.15. The third-order valence-electron chi connectivity index (χ3n) is 2.86. The fourth-order valence-corrected chi connectivity index (χ4v) is 2.52. The van der Waals surface area contributed by atoms with Gasteiger partial charge in [-0.1, -0.05) is 36.9 Å². The monoisotopic (exact) mass is 278 g/mol. The summed E-state index contributed by atoms with van der Waals surface area (Å²) in [5, 5.41) is 0. The van der Waals surface area contributed by atoms with Crippen molar-refractivity contribution in [3.63, 3.8) is 0 Å². The molecule has 0 spiro atoms. The van der Waals surface area contributed by atoms with Gasteiger partial charge in [0.05, 0.1) is 0 Å². The predicted octanol–water partition coefficient (Wildman–Crippen LogP) is 2.94. The molecule has 0 atom stereocenters. The summed E-state index contributed by atoms with van der Waals surface area (Å²) in [6.07, 6.45) is 3.57. The van der Waals surface area contributed by atoms with Crippen LogP contribution in [0, 0.1) is 0 Å². The Morgan fingerprint density at radius 3 is 2.68 bits per heavy atom. The van der Waals surface area contributed by atoms with E-state index in [1.54, 1.807) is 14.2 Å². The van der Waals surface area contributed by atoms with E-state index in [0.29, 0.717) is 9.76 Å². The van der Waals surface area contributed by atoms with Crippen LogP contribution in [0.15, 0.2) is 30.8 Å². The average molecular weight is 278 g/mol. The molecule has 0 N–H and O–H groups in total. The van der Waals surface area contributed by atoms with E-state index in [1.807, 2.05) is 18.2 Å². The van der Waals surface area contributed by atoms with Gasteiger partial charge in [0.15, 0.2) is 6.29 Å². The van der Waals surface area contributed by atoms with Gasteiger partial charge in [-0.05, 0) is 30.0 Å². The predicted molar refractivity (Wildman–Crippen MR) is 79.2 cm³/mol. The smallest absolute Gasteiger partial charge is 0.229 e. The summed E-state index contributed by atoms with van der Waals surface area (Å²) in [6, 6.07) is 9.24. The summed E-state index contributed by atoms with van der Waals surface area (Å²) in [4.78, 5) is 0. The van der Waals surface area contributed by atoms with E-state index in [-0.39, 0.29) is 6.29 Å². The Hall–Kier alpha value is -0.943. The minimum absolute atomic E-state index is 0.113. The Morgan fingerprint density at radius 2 is 2.00 bits per heavy atom. The highest BCUT2D eigenvalue weighted by Crippen LogP contribution is 2.10. The summed E-state index contributed by atoms with van der Waals surface area (Å²) in [5.41, 5.74) is 2.47. The fraction of sp³-hybridized carbons (Fsp3) is 0.467. The SMILES string of the molecule is C=Cc1ccccc1CCO[Si]CCC(OC)OC. The first-order chi connectivity index (χ1) is 9.31. The van der Waals surface area contributed by atoms with Gasteiger partial charge in [0.25, 0.3) is 0 Å². The molecule has 0 unspecified atom stereocenters. The molecule has 0 aliphatic heterocycles. The molecule has 0 fully saturated rings. The van der Waals surface area contributed by atoms with Crippen molar-refractivity contribution in [3.8, 4) is 0 Å². The quantitative estimate of drug-likeness (QED) is 0.374. The largest absolute Gasteiger partial charge is 0.417 e. The molecular weight excluding hydrogens is 256 g/mol. The van der Waals surface area contributed by atoms with Crippen molar-refractivity contribution < 1.29 is 13.9 Å². The van der Waals surface area contributed by atoms with Crippen LogP contribution < -0.4 is 0 Å². The van der Waals surface area contributed by atoms with Crippen LogP contribution in [0.25, 0.3) is 6.08 Å². The van der Waals surface area contributed by atoms with E-state index in [2.05, 4.69) is 18.7 Å². The third kappa shape index (κ3) is 6.16. The summed E-state index contributed by atoms with van der Waals surface area (Å²) in [7, 11) is 3.81. The molecule has 0 aromatic heterocycles. The maximum atomic E-state index is 5.66. The molecule has 1 aromatic carbocycles. The van der Waals surface area contributed by atoms with Gasteiger partial charge in [-0.15, -0.1) is 0 Å². The van der Waals surface area contributed by atoms with Crippen LogP contribution in [0.1, 0.15) is 17.5 Å². The Morgan fingerprint density at radius 1 is 1.26 bits per heavy atom. The van der Waals surface area contributed by atoms with Crippen molar-refractivity contribution in [2.75, 3.05) is 20.8 Å². The molecule has 2 radical (unpaired) electrons. The van der Waals surface area contributed by atoms with Crippen LogP contribution >= 0.6 is 0 Å². The molecule has 4 heteroatoms. The van der Waals surface area contributed by atoms with Crippen molar-refractivity contribution in [2.24, 2.45) is 0 Å². The van der Waals surface area contributed by atoms with Crippen LogP contribution in [0.2, 0.25) is 6.04 Å². The Kier molecular flexibility index (Phi) is 8.41. The maximum absolute atomic E-state index is 5.66. The first-order valence-electron chi connectivity index (χ1n) is 6.42. The summed E-state index contributed by atoms with van der Waals surface area (Å²) >= 11 is 0. The molecule has 1 rings (SSSR count). The average Bonchev–Trinajstić information content (AvgIpc) is 2.47. The molecule has 1 aromatic rings. The van der Waals surface area contributed by atoms with E-state index in [1.165, 1.54) is 11.1 Å². The highest BCUT2D eigenvalue weighted by Gasteiger charge is 2.05. The lowest BCUT2D eigenvalue weighted by Crippen LogP contribution is -2.14. The van der Waals surface area contributed by atoms with E-state index in [4.69, 9.17) is 13.9 Å². The second-order valence-electron chi connectivity index (χ2n) is 4.09. The molecule has 0 heterocycles. The van der Waals surface area contributed by atoms with Crippen LogP contribution in [0.4, 0.5) is 0 Å². The molecule has 0 saturated carbocycles. The second kappa shape index (κ2) is 9.92. The lowest BCUT2D eigenvalue weighted by Gasteiger charge is -2.12. The van der Waals surface area contributed by atoms with Crippen molar-refractivity contribution in [1.29, 1.82) is 0 Å². The van der Waals surface area contributed by atoms with Gasteiger partial charge in [0.2, 0.25) is 9.76 Å². The van der Waals surface area contributed by atoms with Gasteiger partial charge in [-0.3, -0.25) is 0 Å². The molecule has 0 bridgehead atoms. The minimum atomic E-state index is -0.113. The fourth-order valence-electron chi connectivity index (χ4n) is 1.78. The number of methoxy groups -OCH3 is 2. The van der Waals surface area contributed by atoms with Crippen molar-refractivity contribution in [3.05, 3.63) is 42.0 Å². The summed E-state index contributed by atoms with van der Waals surface area (Å²) in [6.45, 7) is 4.56. The van der Waals surface area contributed by atoms with Gasteiger partial charge in [-0.25, -0.2) is 0 Å². The first kappa shape index (κ1) is 16.1. The van der Waals surface area contributed by atoms with Gasteiger partial charge < -0.3 is 13.9 Å². The van der Waals surface area contributed by atoms with Crippen molar-refractivity contribution in [1.82, 2.24) is 0 Å². The third-order valence-corrected chi connectivity index (χ3v) is 3.76. The maximum Gasteiger partial charge on any atom is 0.229 e. The number of hydrogen-bond donors (Lipinski definition) is 0. The molecule has 0 amide bonds. The zero-order chi connectivity index (χ0) is 13.9. The number of benzene rings is 1. The highest BCUT2D eigenvalue weighted by molar-refractivity contribution is 6.26. The molecular formula is C15H22O3Si. The van der Waals surface area contributed by atoms with Crippen LogP contribution in [-0.4, -0.2) is 36.9 Å². The lowest BCUT2D eigenvalue weighted by atomic mass is 10.1. The van der Waals surface area contributed by atoms with Crippen LogP contribution in [0.5, 0.6) is 0 Å². The standard InChI is InChI=1S/C15H22O3Si/c1-4-13-7-5-6-8-14(13)9-11-18-19-12-10-15(16-2)17-3/h4-8,15H,1,9-12H2,2-3H3.